The summed E-state index contributed by atoms with van der Waals surface area (Å²) >= 11 is 5.90. The van der Waals surface area contributed by atoms with E-state index >= 15 is 0 Å². The molecular weight excluding hydrogens is 266 g/mol. The summed E-state index contributed by atoms with van der Waals surface area (Å²) in [6.45, 7) is 2.15. The average Bonchev–Trinajstić information content (AvgIpc) is 2.77. The SMILES string of the molecule is Cc1cc(CN(C)C(=O)c2cccc(Cl)c2N)no1. The van der Waals surface area contributed by atoms with Crippen LogP contribution < -0.4 is 5.73 Å². The maximum atomic E-state index is 12.3. The Morgan fingerprint density at radius 3 is 2.89 bits per heavy atom. The summed E-state index contributed by atoms with van der Waals surface area (Å²) < 4.78 is 4.96. The number of hydrogen-bond acceptors (Lipinski definition) is 4. The first-order valence-corrected chi connectivity index (χ1v) is 6.08. The molecule has 19 heavy (non-hydrogen) atoms. The van der Waals surface area contributed by atoms with Gasteiger partial charge in [-0.3, -0.25) is 4.79 Å². The largest absolute Gasteiger partial charge is 0.397 e. The molecule has 0 aliphatic heterocycles. The maximum absolute atomic E-state index is 12.3. The molecule has 0 bridgehead atoms. The number of rotatable bonds is 3. The van der Waals surface area contributed by atoms with Gasteiger partial charge in [0.1, 0.15) is 11.5 Å². The lowest BCUT2D eigenvalue weighted by molar-refractivity contribution is 0.0783. The van der Waals surface area contributed by atoms with Crippen LogP contribution in [0.3, 0.4) is 0 Å². The van der Waals surface area contributed by atoms with Gasteiger partial charge in [0.2, 0.25) is 0 Å². The number of nitrogens with zero attached hydrogens (tertiary/aromatic N) is 2. The Balaban J connectivity index is 2.17. The van der Waals surface area contributed by atoms with Crippen LogP contribution in [0.4, 0.5) is 5.69 Å². The number of hydrogen-bond donors (Lipinski definition) is 1. The number of carbonyl (C=O) groups excluding carboxylic acids is 1. The van der Waals surface area contributed by atoms with Crippen LogP contribution in [0, 0.1) is 6.92 Å². The van der Waals surface area contributed by atoms with E-state index in [4.69, 9.17) is 21.9 Å². The molecule has 0 unspecified atom stereocenters. The first-order chi connectivity index (χ1) is 8.99. The van der Waals surface area contributed by atoms with E-state index in [2.05, 4.69) is 5.16 Å². The van der Waals surface area contributed by atoms with E-state index in [-0.39, 0.29) is 11.6 Å². The lowest BCUT2D eigenvalue weighted by atomic mass is 10.1. The topological polar surface area (TPSA) is 72.4 Å². The average molecular weight is 280 g/mol. The molecule has 2 N–H and O–H groups in total. The van der Waals surface area contributed by atoms with Crippen LogP contribution in [-0.4, -0.2) is 23.0 Å². The Morgan fingerprint density at radius 1 is 1.53 bits per heavy atom. The van der Waals surface area contributed by atoms with Gasteiger partial charge in [-0.15, -0.1) is 0 Å². The van der Waals surface area contributed by atoms with Gasteiger partial charge in [0.15, 0.2) is 0 Å². The van der Waals surface area contributed by atoms with Gasteiger partial charge in [-0.05, 0) is 19.1 Å². The Morgan fingerprint density at radius 2 is 2.26 bits per heavy atom. The minimum atomic E-state index is -0.208. The second kappa shape index (κ2) is 5.32. The highest BCUT2D eigenvalue weighted by Crippen LogP contribution is 2.23. The van der Waals surface area contributed by atoms with Gasteiger partial charge in [-0.1, -0.05) is 22.8 Å². The fourth-order valence-corrected chi connectivity index (χ4v) is 1.91. The fraction of sp³-hybridized carbons (Fsp3) is 0.231. The van der Waals surface area contributed by atoms with Crippen LogP contribution in [-0.2, 0) is 6.54 Å². The molecule has 0 aliphatic carbocycles. The number of aryl methyl sites for hydroxylation is 1. The lowest BCUT2D eigenvalue weighted by Gasteiger charge is -2.17. The van der Waals surface area contributed by atoms with E-state index in [1.165, 1.54) is 4.90 Å². The zero-order valence-electron chi connectivity index (χ0n) is 10.7. The number of aromatic nitrogens is 1. The van der Waals surface area contributed by atoms with Crippen LogP contribution in [0.1, 0.15) is 21.8 Å². The summed E-state index contributed by atoms with van der Waals surface area (Å²) in [6, 6.07) is 6.77. The van der Waals surface area contributed by atoms with Crippen molar-refractivity contribution in [1.29, 1.82) is 0 Å². The third kappa shape index (κ3) is 2.88. The van der Waals surface area contributed by atoms with Gasteiger partial charge < -0.3 is 15.2 Å². The van der Waals surface area contributed by atoms with Crippen molar-refractivity contribution in [3.63, 3.8) is 0 Å². The van der Waals surface area contributed by atoms with E-state index < -0.39 is 0 Å². The Kier molecular flexibility index (Phi) is 3.76. The smallest absolute Gasteiger partial charge is 0.256 e. The molecule has 0 saturated heterocycles. The molecule has 5 nitrogen and oxygen atoms in total. The molecule has 0 atom stereocenters. The van der Waals surface area contributed by atoms with Crippen LogP contribution in [0.5, 0.6) is 0 Å². The summed E-state index contributed by atoms with van der Waals surface area (Å²) in [5.74, 6) is 0.499. The molecule has 0 fully saturated rings. The third-order valence-corrected chi connectivity index (χ3v) is 3.04. The predicted molar refractivity (Wildman–Crippen MR) is 72.9 cm³/mol. The number of nitrogen functional groups attached to an aromatic ring is 1. The van der Waals surface area contributed by atoms with Gasteiger partial charge >= 0.3 is 0 Å². The van der Waals surface area contributed by atoms with Crippen LogP contribution >= 0.6 is 11.6 Å². The summed E-state index contributed by atoms with van der Waals surface area (Å²) in [4.78, 5) is 13.8. The molecular formula is C13H14ClN3O2. The fourth-order valence-electron chi connectivity index (χ4n) is 1.74. The third-order valence-electron chi connectivity index (χ3n) is 2.71. The second-order valence-corrected chi connectivity index (χ2v) is 4.70. The molecule has 0 spiro atoms. The molecule has 1 aromatic carbocycles. The summed E-state index contributed by atoms with van der Waals surface area (Å²) in [5, 5.41) is 4.22. The van der Waals surface area contributed by atoms with E-state index in [0.717, 1.165) is 0 Å². The highest BCUT2D eigenvalue weighted by molar-refractivity contribution is 6.33. The van der Waals surface area contributed by atoms with Gasteiger partial charge in [-0.25, -0.2) is 0 Å². The van der Waals surface area contributed by atoms with Crippen molar-refractivity contribution in [2.24, 2.45) is 0 Å². The minimum absolute atomic E-state index is 0.208. The summed E-state index contributed by atoms with van der Waals surface area (Å²) in [6.07, 6.45) is 0. The van der Waals surface area contributed by atoms with Crippen molar-refractivity contribution in [2.45, 2.75) is 13.5 Å². The Labute approximate surface area is 115 Å². The molecule has 0 saturated carbocycles. The van der Waals surface area contributed by atoms with Crippen LogP contribution in [0.25, 0.3) is 0 Å². The van der Waals surface area contributed by atoms with Crippen LogP contribution in [0.2, 0.25) is 5.02 Å². The molecule has 0 radical (unpaired) electrons. The molecule has 2 aromatic rings. The number of carbonyl (C=O) groups is 1. The van der Waals surface area contributed by atoms with Crippen LogP contribution in [0.15, 0.2) is 28.8 Å². The molecule has 6 heteroatoms. The zero-order valence-corrected chi connectivity index (χ0v) is 11.4. The highest BCUT2D eigenvalue weighted by Gasteiger charge is 2.17. The van der Waals surface area contributed by atoms with Gasteiger partial charge in [0.05, 0.1) is 22.8 Å². The van der Waals surface area contributed by atoms with Crippen molar-refractivity contribution in [1.82, 2.24) is 10.1 Å². The number of benzene rings is 1. The summed E-state index contributed by atoms with van der Waals surface area (Å²) in [7, 11) is 1.67. The van der Waals surface area contributed by atoms with Crippen molar-refractivity contribution in [3.05, 3.63) is 46.3 Å². The molecule has 1 heterocycles. The minimum Gasteiger partial charge on any atom is -0.397 e. The van der Waals surface area contributed by atoms with E-state index in [9.17, 15) is 4.79 Å². The molecule has 0 aliphatic rings. The normalized spacial score (nSPS) is 10.5. The number of halogens is 1. The van der Waals surface area contributed by atoms with E-state index in [1.54, 1.807) is 38.2 Å². The Bertz CT molecular complexity index is 610. The first-order valence-electron chi connectivity index (χ1n) is 5.70. The number of para-hydroxylation sites is 1. The van der Waals surface area contributed by atoms with E-state index in [1.807, 2.05) is 0 Å². The number of amides is 1. The van der Waals surface area contributed by atoms with Gasteiger partial charge in [0, 0.05) is 13.1 Å². The first kappa shape index (κ1) is 13.4. The van der Waals surface area contributed by atoms with E-state index in [0.29, 0.717) is 28.6 Å². The molecule has 1 aromatic heterocycles. The molecule has 100 valence electrons. The maximum Gasteiger partial charge on any atom is 0.256 e. The second-order valence-electron chi connectivity index (χ2n) is 4.29. The summed E-state index contributed by atoms with van der Waals surface area (Å²) in [5.41, 5.74) is 7.17. The quantitative estimate of drug-likeness (QED) is 0.876. The van der Waals surface area contributed by atoms with Crippen molar-refractivity contribution in [3.8, 4) is 0 Å². The molecule has 2 rings (SSSR count). The number of anilines is 1. The lowest BCUT2D eigenvalue weighted by Crippen LogP contribution is -2.27. The predicted octanol–water partition coefficient (Wildman–Crippen LogP) is 2.49. The van der Waals surface area contributed by atoms with Gasteiger partial charge in [-0.2, -0.15) is 0 Å². The van der Waals surface area contributed by atoms with Crippen molar-refractivity contribution < 1.29 is 9.32 Å². The monoisotopic (exact) mass is 279 g/mol. The standard InChI is InChI=1S/C13H14ClN3O2/c1-8-6-9(16-19-8)7-17(2)13(18)10-4-3-5-11(14)12(10)15/h3-6H,7,15H2,1-2H3. The highest BCUT2D eigenvalue weighted by atomic mass is 35.5. The zero-order chi connectivity index (χ0) is 14.0. The molecule has 1 amide bonds. The van der Waals surface area contributed by atoms with Crippen molar-refractivity contribution >= 4 is 23.2 Å². The Hall–Kier alpha value is -2.01. The van der Waals surface area contributed by atoms with Crippen molar-refractivity contribution in [2.75, 3.05) is 12.8 Å². The number of nitrogens with two attached hydrogens (primary N) is 1. The van der Waals surface area contributed by atoms with Gasteiger partial charge in [0.25, 0.3) is 5.91 Å².